The summed E-state index contributed by atoms with van der Waals surface area (Å²) in [6.45, 7) is 2.77. The van der Waals surface area contributed by atoms with Gasteiger partial charge in [-0.25, -0.2) is 4.98 Å². The van der Waals surface area contributed by atoms with Gasteiger partial charge < -0.3 is 26.2 Å². The summed E-state index contributed by atoms with van der Waals surface area (Å²) in [5.74, 6) is 0.289. The lowest BCUT2D eigenvalue weighted by atomic mass is 9.93. The second-order valence-corrected chi connectivity index (χ2v) is 7.14. The predicted octanol–water partition coefficient (Wildman–Crippen LogP) is 1.66. The van der Waals surface area contributed by atoms with Crippen LogP contribution in [0.25, 0.3) is 0 Å². The second-order valence-electron chi connectivity index (χ2n) is 7.14. The smallest absolute Gasteiger partial charge is 0.254 e. The van der Waals surface area contributed by atoms with Crippen LogP contribution in [-0.2, 0) is 4.74 Å². The Morgan fingerprint density at radius 1 is 1.27 bits per heavy atom. The third-order valence-electron chi connectivity index (χ3n) is 5.27. The number of anilines is 2. The molecule has 0 saturated heterocycles. The average Bonchev–Trinajstić information content (AvgIpc) is 3.02. The van der Waals surface area contributed by atoms with Gasteiger partial charge in [0.2, 0.25) is 5.95 Å². The van der Waals surface area contributed by atoms with Gasteiger partial charge in [-0.2, -0.15) is 4.98 Å². The van der Waals surface area contributed by atoms with Crippen LogP contribution in [0, 0.1) is 0 Å². The van der Waals surface area contributed by atoms with Crippen LogP contribution < -0.4 is 16.4 Å². The molecule has 2 aliphatic rings. The van der Waals surface area contributed by atoms with E-state index in [-0.39, 0.29) is 17.6 Å². The summed E-state index contributed by atoms with van der Waals surface area (Å²) in [6.07, 6.45) is 7.93. The van der Waals surface area contributed by atoms with Crippen molar-refractivity contribution in [1.82, 2.24) is 9.97 Å². The molecule has 2 fully saturated rings. The molecular weight excluding hydrogens is 334 g/mol. The minimum Gasteiger partial charge on any atom is -0.391 e. The van der Waals surface area contributed by atoms with E-state index in [1.54, 1.807) is 0 Å². The van der Waals surface area contributed by atoms with Gasteiger partial charge in [-0.1, -0.05) is 0 Å². The third kappa shape index (κ3) is 4.62. The molecule has 144 valence electrons. The van der Waals surface area contributed by atoms with E-state index in [9.17, 15) is 9.90 Å². The lowest BCUT2D eigenvalue weighted by Crippen LogP contribution is -2.32. The van der Waals surface area contributed by atoms with Crippen LogP contribution in [-0.4, -0.2) is 51.9 Å². The number of hydrogen-bond acceptors (Lipinski definition) is 7. The zero-order valence-corrected chi connectivity index (χ0v) is 15.3. The third-order valence-corrected chi connectivity index (χ3v) is 5.27. The summed E-state index contributed by atoms with van der Waals surface area (Å²) in [5.41, 5.74) is 5.69. The quantitative estimate of drug-likeness (QED) is 0.581. The highest BCUT2D eigenvalue weighted by Crippen LogP contribution is 2.26. The highest BCUT2D eigenvalue weighted by atomic mass is 16.5. The van der Waals surface area contributed by atoms with Crippen molar-refractivity contribution in [3.63, 3.8) is 0 Å². The maximum atomic E-state index is 11.7. The molecule has 2 atom stereocenters. The number of nitrogens with one attached hydrogen (secondary N) is 2. The number of nitrogens with two attached hydrogens (primary N) is 1. The highest BCUT2D eigenvalue weighted by molar-refractivity contribution is 5.97. The number of aromatic nitrogens is 2. The number of nitrogens with zero attached hydrogens (tertiary/aromatic N) is 2. The summed E-state index contributed by atoms with van der Waals surface area (Å²) in [5, 5.41) is 16.6. The van der Waals surface area contributed by atoms with Gasteiger partial charge >= 0.3 is 0 Å². The van der Waals surface area contributed by atoms with Crippen molar-refractivity contribution < 1.29 is 14.6 Å². The Morgan fingerprint density at radius 3 is 2.65 bits per heavy atom. The van der Waals surface area contributed by atoms with Gasteiger partial charge in [-0.15, -0.1) is 0 Å². The minimum absolute atomic E-state index is 0.113. The molecule has 1 aromatic heterocycles. The molecule has 8 nitrogen and oxygen atoms in total. The fourth-order valence-corrected chi connectivity index (χ4v) is 3.82. The van der Waals surface area contributed by atoms with Crippen molar-refractivity contribution in [2.24, 2.45) is 5.73 Å². The standard InChI is InChI=1S/C18H29N5O3/c1-2-26-12-8-6-11(7-9-12)21-18-20-10-13(16(19)25)17(23-18)22-14-4-3-5-15(14)24/h10-12,14-15,24H,2-9H2,1H3,(H2,19,25)(H2,20,21,22,23)/t11-,12-,14-,15+/m0/s1. The van der Waals surface area contributed by atoms with Crippen molar-refractivity contribution in [3.8, 4) is 0 Å². The fourth-order valence-electron chi connectivity index (χ4n) is 3.82. The Morgan fingerprint density at radius 2 is 2.04 bits per heavy atom. The number of amides is 1. The molecule has 26 heavy (non-hydrogen) atoms. The van der Waals surface area contributed by atoms with Gasteiger partial charge in [0, 0.05) is 18.8 Å². The van der Waals surface area contributed by atoms with E-state index in [1.807, 2.05) is 6.92 Å². The molecule has 2 aliphatic carbocycles. The zero-order valence-electron chi connectivity index (χ0n) is 15.3. The van der Waals surface area contributed by atoms with Gasteiger partial charge in [0.15, 0.2) is 0 Å². The first-order valence-corrected chi connectivity index (χ1v) is 9.56. The summed E-state index contributed by atoms with van der Waals surface area (Å²) < 4.78 is 5.68. The van der Waals surface area contributed by atoms with Crippen LogP contribution in [0.3, 0.4) is 0 Å². The molecule has 2 saturated carbocycles. The van der Waals surface area contributed by atoms with Gasteiger partial charge in [-0.05, 0) is 51.9 Å². The Hall–Kier alpha value is -1.93. The molecule has 0 unspecified atom stereocenters. The summed E-state index contributed by atoms with van der Waals surface area (Å²) >= 11 is 0. The second kappa shape index (κ2) is 8.64. The molecule has 0 radical (unpaired) electrons. The molecule has 0 aromatic carbocycles. The van der Waals surface area contributed by atoms with E-state index in [2.05, 4.69) is 20.6 Å². The van der Waals surface area contributed by atoms with Gasteiger partial charge in [-0.3, -0.25) is 4.79 Å². The minimum atomic E-state index is -0.580. The number of carbonyl (C=O) groups excluding carboxylic acids is 1. The molecule has 0 bridgehead atoms. The molecule has 0 aliphatic heterocycles. The van der Waals surface area contributed by atoms with E-state index < -0.39 is 12.0 Å². The van der Waals surface area contributed by atoms with Crippen LogP contribution in [0.4, 0.5) is 11.8 Å². The Bertz CT molecular complexity index is 619. The number of primary amides is 1. The molecule has 0 spiro atoms. The normalized spacial score (nSPS) is 28.7. The van der Waals surface area contributed by atoms with E-state index in [1.165, 1.54) is 6.20 Å². The number of aliphatic hydroxyl groups is 1. The Balaban J connectivity index is 1.66. The average molecular weight is 363 g/mol. The van der Waals surface area contributed by atoms with Crippen LogP contribution in [0.2, 0.25) is 0 Å². The van der Waals surface area contributed by atoms with E-state index in [4.69, 9.17) is 10.5 Å². The molecular formula is C18H29N5O3. The first-order chi connectivity index (χ1) is 12.6. The first kappa shape index (κ1) is 18.8. The number of carbonyl (C=O) groups is 1. The topological polar surface area (TPSA) is 122 Å². The number of hydrogen-bond donors (Lipinski definition) is 4. The number of ether oxygens (including phenoxy) is 1. The van der Waals surface area contributed by atoms with Crippen LogP contribution >= 0.6 is 0 Å². The van der Waals surface area contributed by atoms with Crippen molar-refractivity contribution in [2.75, 3.05) is 17.2 Å². The first-order valence-electron chi connectivity index (χ1n) is 9.56. The van der Waals surface area contributed by atoms with E-state index in [0.29, 0.717) is 17.9 Å². The van der Waals surface area contributed by atoms with Crippen molar-refractivity contribution in [3.05, 3.63) is 11.8 Å². The molecule has 8 heteroatoms. The zero-order chi connectivity index (χ0) is 18.5. The molecule has 5 N–H and O–H groups in total. The Kier molecular flexibility index (Phi) is 6.26. The van der Waals surface area contributed by atoms with Gasteiger partial charge in [0.25, 0.3) is 5.91 Å². The SMILES string of the molecule is CCO[C@H]1CC[C@H](Nc2ncc(C(N)=O)c(N[C@H]3CCC[C@H]3O)n2)CC1. The maximum absolute atomic E-state index is 11.7. The van der Waals surface area contributed by atoms with Gasteiger partial charge in [0.05, 0.1) is 23.8 Å². The lowest BCUT2D eigenvalue weighted by molar-refractivity contribution is 0.0346. The summed E-state index contributed by atoms with van der Waals surface area (Å²) in [7, 11) is 0. The summed E-state index contributed by atoms with van der Waals surface area (Å²) in [4.78, 5) is 20.4. The fraction of sp³-hybridized carbons (Fsp3) is 0.722. The van der Waals surface area contributed by atoms with Crippen molar-refractivity contribution in [2.45, 2.75) is 76.2 Å². The summed E-state index contributed by atoms with van der Waals surface area (Å²) in [6, 6.07) is 0.175. The predicted molar refractivity (Wildman–Crippen MR) is 99.1 cm³/mol. The largest absolute Gasteiger partial charge is 0.391 e. The molecule has 1 aromatic rings. The van der Waals surface area contributed by atoms with E-state index in [0.717, 1.165) is 51.6 Å². The molecule has 1 heterocycles. The molecule has 3 rings (SSSR count). The highest BCUT2D eigenvalue weighted by Gasteiger charge is 2.27. The van der Waals surface area contributed by atoms with Gasteiger partial charge in [0.1, 0.15) is 5.82 Å². The van der Waals surface area contributed by atoms with Crippen LogP contribution in [0.5, 0.6) is 0 Å². The number of aliphatic hydroxyl groups excluding tert-OH is 1. The molecule has 1 amide bonds. The maximum Gasteiger partial charge on any atom is 0.254 e. The number of rotatable bonds is 7. The Labute approximate surface area is 153 Å². The monoisotopic (exact) mass is 363 g/mol. The van der Waals surface area contributed by atoms with Crippen molar-refractivity contribution >= 4 is 17.7 Å². The lowest BCUT2D eigenvalue weighted by Gasteiger charge is -2.29. The van der Waals surface area contributed by atoms with Crippen molar-refractivity contribution in [1.29, 1.82) is 0 Å². The van der Waals surface area contributed by atoms with Crippen LogP contribution in [0.15, 0.2) is 6.20 Å². The van der Waals surface area contributed by atoms with E-state index >= 15 is 0 Å². The van der Waals surface area contributed by atoms with Crippen LogP contribution in [0.1, 0.15) is 62.2 Å².